The molecule has 1 fully saturated rings. The molecule has 0 spiro atoms. The van der Waals surface area contributed by atoms with Crippen LogP contribution in [0.15, 0.2) is 0 Å². The van der Waals surface area contributed by atoms with E-state index in [0.717, 1.165) is 0 Å². The van der Waals surface area contributed by atoms with Gasteiger partial charge >= 0.3 is 5.97 Å². The number of carbonyl (C=O) groups excluding carboxylic acids is 1. The molecule has 0 aromatic carbocycles. The number of methoxy groups -OCH3 is 1. The second-order valence-electron chi connectivity index (χ2n) is 3.30. The van der Waals surface area contributed by atoms with E-state index in [2.05, 4.69) is 4.74 Å². The van der Waals surface area contributed by atoms with Crippen molar-refractivity contribution in [3.8, 4) is 0 Å². The summed E-state index contributed by atoms with van der Waals surface area (Å²) in [5.41, 5.74) is -0.358. The lowest BCUT2D eigenvalue weighted by Crippen LogP contribution is -2.08. The van der Waals surface area contributed by atoms with Gasteiger partial charge < -0.3 is 4.74 Å². The summed E-state index contributed by atoms with van der Waals surface area (Å²) in [6, 6.07) is 0. The quantitative estimate of drug-likeness (QED) is 0.474. The van der Waals surface area contributed by atoms with Crippen LogP contribution in [0.3, 0.4) is 0 Å². The van der Waals surface area contributed by atoms with Crippen LogP contribution in [-0.4, -0.2) is 17.4 Å². The molecule has 0 heterocycles. The summed E-state index contributed by atoms with van der Waals surface area (Å²) in [5.74, 6) is -0.719. The van der Waals surface area contributed by atoms with Crippen molar-refractivity contribution in [1.29, 1.82) is 0 Å². The van der Waals surface area contributed by atoms with E-state index in [4.69, 9.17) is 23.2 Å². The Hall–Kier alpha value is 0.0500. The second kappa shape index (κ2) is 2.27. The van der Waals surface area contributed by atoms with E-state index in [9.17, 15) is 4.79 Å². The Kier molecular flexibility index (Phi) is 1.88. The minimum absolute atomic E-state index is 0.333. The Labute approximate surface area is 75.8 Å². The molecule has 11 heavy (non-hydrogen) atoms. The molecular formula is C7H10Cl2O2. The zero-order valence-corrected chi connectivity index (χ0v) is 8.16. The van der Waals surface area contributed by atoms with Gasteiger partial charge in [-0.15, -0.1) is 23.2 Å². The maximum absolute atomic E-state index is 11.0. The summed E-state index contributed by atoms with van der Waals surface area (Å²) in [4.78, 5) is 11.0. The van der Waals surface area contributed by atoms with E-state index in [1.807, 2.05) is 13.8 Å². The smallest absolute Gasteiger partial charge is 0.312 e. The molecule has 2 nitrogen and oxygen atoms in total. The summed E-state index contributed by atoms with van der Waals surface area (Å²) >= 11 is 11.7. The van der Waals surface area contributed by atoms with Crippen LogP contribution in [0, 0.1) is 11.3 Å². The predicted molar refractivity (Wildman–Crippen MR) is 43.7 cm³/mol. The highest BCUT2D eigenvalue weighted by Gasteiger charge is 2.74. The van der Waals surface area contributed by atoms with Crippen molar-refractivity contribution >= 4 is 29.2 Å². The maximum atomic E-state index is 11.0. The third kappa shape index (κ3) is 1.04. The first-order chi connectivity index (χ1) is 4.85. The maximum Gasteiger partial charge on any atom is 0.312 e. The molecule has 64 valence electrons. The number of esters is 1. The molecule has 1 saturated carbocycles. The van der Waals surface area contributed by atoms with Gasteiger partial charge in [0.2, 0.25) is 0 Å². The van der Waals surface area contributed by atoms with Crippen molar-refractivity contribution in [2.45, 2.75) is 18.2 Å². The number of alkyl halides is 2. The summed E-state index contributed by atoms with van der Waals surface area (Å²) in [6.45, 7) is 3.68. The van der Waals surface area contributed by atoms with Gasteiger partial charge in [-0.3, -0.25) is 4.79 Å². The molecule has 0 bridgehead atoms. The molecule has 0 aromatic rings. The van der Waals surface area contributed by atoms with Crippen molar-refractivity contribution in [1.82, 2.24) is 0 Å². The number of carbonyl (C=O) groups is 1. The number of hydrogen-bond donors (Lipinski definition) is 0. The molecular weight excluding hydrogens is 187 g/mol. The van der Waals surface area contributed by atoms with Crippen molar-refractivity contribution in [3.05, 3.63) is 0 Å². The first-order valence-electron chi connectivity index (χ1n) is 3.31. The average molecular weight is 197 g/mol. The first-order valence-corrected chi connectivity index (χ1v) is 4.07. The fourth-order valence-electron chi connectivity index (χ4n) is 1.22. The Morgan fingerprint density at radius 3 is 1.91 bits per heavy atom. The first kappa shape index (κ1) is 9.14. The lowest BCUT2D eigenvalue weighted by Gasteiger charge is -1.98. The van der Waals surface area contributed by atoms with E-state index in [1.54, 1.807) is 0 Å². The van der Waals surface area contributed by atoms with Crippen LogP contribution < -0.4 is 0 Å². The summed E-state index contributed by atoms with van der Waals surface area (Å²) in [6.07, 6.45) is 0. The van der Waals surface area contributed by atoms with Crippen molar-refractivity contribution in [2.24, 2.45) is 11.3 Å². The van der Waals surface area contributed by atoms with E-state index in [0.29, 0.717) is 0 Å². The summed E-state index contributed by atoms with van der Waals surface area (Å²) in [7, 11) is 1.33. The normalized spacial score (nSPS) is 31.2. The van der Waals surface area contributed by atoms with Gasteiger partial charge in [0, 0.05) is 5.41 Å². The molecule has 0 radical (unpaired) electrons. The van der Waals surface area contributed by atoms with E-state index in [1.165, 1.54) is 7.11 Å². The van der Waals surface area contributed by atoms with Gasteiger partial charge in [0.25, 0.3) is 0 Å². The van der Waals surface area contributed by atoms with Gasteiger partial charge in [0.05, 0.1) is 13.0 Å². The van der Waals surface area contributed by atoms with Gasteiger partial charge in [0.15, 0.2) is 0 Å². The molecule has 0 aliphatic heterocycles. The van der Waals surface area contributed by atoms with Crippen LogP contribution in [0.2, 0.25) is 0 Å². The Morgan fingerprint density at radius 1 is 1.45 bits per heavy atom. The fourth-order valence-corrected chi connectivity index (χ4v) is 2.05. The minimum atomic E-state index is -0.944. The predicted octanol–water partition coefficient (Wildman–Crippen LogP) is 1.99. The molecule has 4 heteroatoms. The van der Waals surface area contributed by atoms with Crippen LogP contribution in [0.1, 0.15) is 13.8 Å². The molecule has 1 atom stereocenters. The van der Waals surface area contributed by atoms with Crippen molar-refractivity contribution < 1.29 is 9.53 Å². The highest BCUT2D eigenvalue weighted by Crippen LogP contribution is 2.68. The molecule has 1 aliphatic rings. The SMILES string of the molecule is COC(=O)[C@H]1C(C)(C)C1(Cl)Cl. The van der Waals surface area contributed by atoms with Crippen molar-refractivity contribution in [2.75, 3.05) is 7.11 Å². The Morgan fingerprint density at radius 2 is 1.82 bits per heavy atom. The third-order valence-electron chi connectivity index (χ3n) is 2.30. The molecule has 1 aliphatic carbocycles. The second-order valence-corrected chi connectivity index (χ2v) is 4.69. The molecule has 0 aromatic heterocycles. The monoisotopic (exact) mass is 196 g/mol. The zero-order chi connectivity index (χ0) is 8.86. The topological polar surface area (TPSA) is 26.3 Å². The lowest BCUT2D eigenvalue weighted by molar-refractivity contribution is -0.142. The van der Waals surface area contributed by atoms with Crippen LogP contribution in [-0.2, 0) is 9.53 Å². The van der Waals surface area contributed by atoms with Crippen LogP contribution in [0.5, 0.6) is 0 Å². The van der Waals surface area contributed by atoms with E-state index in [-0.39, 0.29) is 17.3 Å². The van der Waals surface area contributed by atoms with Crippen molar-refractivity contribution in [3.63, 3.8) is 0 Å². The molecule has 0 unspecified atom stereocenters. The minimum Gasteiger partial charge on any atom is -0.469 e. The zero-order valence-electron chi connectivity index (χ0n) is 6.65. The highest BCUT2D eigenvalue weighted by atomic mass is 35.5. The number of halogens is 2. The van der Waals surface area contributed by atoms with Gasteiger partial charge in [0.1, 0.15) is 4.33 Å². The Balaban J connectivity index is 2.75. The summed E-state index contributed by atoms with van der Waals surface area (Å²) in [5, 5.41) is 0. The largest absolute Gasteiger partial charge is 0.469 e. The van der Waals surface area contributed by atoms with Gasteiger partial charge in [-0.25, -0.2) is 0 Å². The standard InChI is InChI=1S/C7H10Cl2O2/c1-6(2)4(5(10)11-3)7(6,8)9/h4H,1-3H3/t4-/m0/s1. The third-order valence-corrected chi connectivity index (χ3v) is 3.71. The van der Waals surface area contributed by atoms with E-state index < -0.39 is 4.33 Å². The Bertz CT molecular complexity index is 185. The van der Waals surface area contributed by atoms with Gasteiger partial charge in [-0.2, -0.15) is 0 Å². The molecule has 1 rings (SSSR count). The molecule has 0 amide bonds. The van der Waals surface area contributed by atoms with E-state index >= 15 is 0 Å². The fraction of sp³-hybridized carbons (Fsp3) is 0.857. The molecule has 0 saturated heterocycles. The number of hydrogen-bond acceptors (Lipinski definition) is 2. The number of rotatable bonds is 1. The van der Waals surface area contributed by atoms with Gasteiger partial charge in [-0.05, 0) is 0 Å². The summed E-state index contributed by atoms with van der Waals surface area (Å²) < 4.78 is 3.59. The lowest BCUT2D eigenvalue weighted by atomic mass is 10.1. The van der Waals surface area contributed by atoms with Crippen LogP contribution in [0.25, 0.3) is 0 Å². The van der Waals surface area contributed by atoms with Crippen LogP contribution in [0.4, 0.5) is 0 Å². The highest BCUT2D eigenvalue weighted by molar-refractivity contribution is 6.53. The molecule has 0 N–H and O–H groups in total. The van der Waals surface area contributed by atoms with Gasteiger partial charge in [-0.1, -0.05) is 13.8 Å². The van der Waals surface area contributed by atoms with Crippen LogP contribution >= 0.6 is 23.2 Å². The average Bonchev–Trinajstić information content (AvgIpc) is 2.24. The number of ether oxygens (including phenoxy) is 1.